The molecule has 0 bridgehead atoms. The van der Waals surface area contributed by atoms with Crippen LogP contribution in [0.3, 0.4) is 0 Å². The van der Waals surface area contributed by atoms with Crippen LogP contribution in [0.2, 0.25) is 0 Å². The van der Waals surface area contributed by atoms with E-state index in [0.29, 0.717) is 12.6 Å². The number of methoxy groups -OCH3 is 1. The van der Waals surface area contributed by atoms with E-state index in [0.717, 1.165) is 13.1 Å². The monoisotopic (exact) mass is 338 g/mol. The summed E-state index contributed by atoms with van der Waals surface area (Å²) in [4.78, 5) is 13.8. The molecule has 0 N–H and O–H groups in total. The van der Waals surface area contributed by atoms with Crippen molar-refractivity contribution in [2.45, 2.75) is 25.9 Å². The second kappa shape index (κ2) is 6.56. The number of hydrogen-bond acceptors (Lipinski definition) is 3. The standard InChI is InChI=1S/C11H19IN2O2/c1-9-8-14(12)10(2)7-13(9)11(15)5-4-6-16-3/h4-5,9-10H,6-8H2,1-3H3/b5-4+. The second-order valence-corrected chi connectivity index (χ2v) is 5.37. The fraction of sp³-hybridized carbons (Fsp3) is 0.727. The summed E-state index contributed by atoms with van der Waals surface area (Å²) in [5, 5.41) is 0. The molecule has 1 saturated heterocycles. The molecule has 16 heavy (non-hydrogen) atoms. The van der Waals surface area contributed by atoms with Gasteiger partial charge < -0.3 is 9.64 Å². The van der Waals surface area contributed by atoms with Crippen molar-refractivity contribution in [2.24, 2.45) is 0 Å². The van der Waals surface area contributed by atoms with E-state index in [-0.39, 0.29) is 11.9 Å². The van der Waals surface area contributed by atoms with Crippen LogP contribution in [-0.4, -0.2) is 52.8 Å². The van der Waals surface area contributed by atoms with Crippen molar-refractivity contribution < 1.29 is 9.53 Å². The topological polar surface area (TPSA) is 32.8 Å². The average molecular weight is 338 g/mol. The van der Waals surface area contributed by atoms with E-state index in [1.165, 1.54) is 0 Å². The fourth-order valence-electron chi connectivity index (χ4n) is 1.73. The first-order valence-electron chi connectivity index (χ1n) is 5.44. The van der Waals surface area contributed by atoms with Crippen LogP contribution in [0.1, 0.15) is 13.8 Å². The summed E-state index contributed by atoms with van der Waals surface area (Å²) >= 11 is 2.32. The molecule has 1 rings (SSSR count). The zero-order chi connectivity index (χ0) is 12.1. The Morgan fingerprint density at radius 3 is 2.75 bits per heavy atom. The van der Waals surface area contributed by atoms with Crippen LogP contribution in [0.25, 0.3) is 0 Å². The molecule has 1 aliphatic rings. The minimum atomic E-state index is 0.0842. The first-order chi connectivity index (χ1) is 7.56. The van der Waals surface area contributed by atoms with Crippen molar-refractivity contribution in [3.05, 3.63) is 12.2 Å². The Morgan fingerprint density at radius 2 is 2.12 bits per heavy atom. The highest BCUT2D eigenvalue weighted by Gasteiger charge is 2.29. The summed E-state index contributed by atoms with van der Waals surface area (Å²) in [6.45, 7) is 6.42. The maximum absolute atomic E-state index is 11.9. The second-order valence-electron chi connectivity index (χ2n) is 4.13. The van der Waals surface area contributed by atoms with E-state index in [4.69, 9.17) is 4.74 Å². The van der Waals surface area contributed by atoms with E-state index in [1.54, 1.807) is 19.3 Å². The van der Waals surface area contributed by atoms with Gasteiger partial charge in [0.2, 0.25) is 5.91 Å². The molecule has 0 radical (unpaired) electrons. The summed E-state index contributed by atoms with van der Waals surface area (Å²) in [5.41, 5.74) is 0. The zero-order valence-corrected chi connectivity index (χ0v) is 12.2. The Morgan fingerprint density at radius 1 is 1.44 bits per heavy atom. The van der Waals surface area contributed by atoms with Gasteiger partial charge in [-0.25, -0.2) is 3.11 Å². The third kappa shape index (κ3) is 3.71. The van der Waals surface area contributed by atoms with Crippen molar-refractivity contribution in [3.63, 3.8) is 0 Å². The Bertz CT molecular complexity index is 271. The minimum Gasteiger partial charge on any atom is -0.381 e. The highest BCUT2D eigenvalue weighted by atomic mass is 127. The predicted octanol–water partition coefficient (Wildman–Crippen LogP) is 1.46. The maximum atomic E-state index is 11.9. The van der Waals surface area contributed by atoms with Crippen molar-refractivity contribution >= 4 is 28.8 Å². The van der Waals surface area contributed by atoms with Gasteiger partial charge in [0.1, 0.15) is 0 Å². The zero-order valence-electron chi connectivity index (χ0n) is 10.0. The molecule has 2 atom stereocenters. The van der Waals surface area contributed by atoms with Gasteiger partial charge in [-0.1, -0.05) is 6.08 Å². The van der Waals surface area contributed by atoms with Gasteiger partial charge in [-0.05, 0) is 13.8 Å². The molecule has 1 amide bonds. The van der Waals surface area contributed by atoms with Gasteiger partial charge in [0.25, 0.3) is 0 Å². The lowest BCUT2D eigenvalue weighted by molar-refractivity contribution is -0.130. The summed E-state index contributed by atoms with van der Waals surface area (Å²) in [5.74, 6) is 0.0842. The maximum Gasteiger partial charge on any atom is 0.246 e. The molecule has 0 aromatic carbocycles. The number of nitrogens with zero attached hydrogens (tertiary/aromatic N) is 2. The summed E-state index contributed by atoms with van der Waals surface area (Å²) in [6, 6.07) is 0.685. The Hall–Kier alpha value is -0.140. The number of halogens is 1. The van der Waals surface area contributed by atoms with Crippen LogP contribution in [0, 0.1) is 0 Å². The lowest BCUT2D eigenvalue weighted by Gasteiger charge is -2.40. The van der Waals surface area contributed by atoms with Crippen molar-refractivity contribution in [3.8, 4) is 0 Å². The number of piperazine rings is 1. The summed E-state index contributed by atoms with van der Waals surface area (Å²) in [7, 11) is 1.62. The van der Waals surface area contributed by atoms with Crippen molar-refractivity contribution in [1.29, 1.82) is 0 Å². The lowest BCUT2D eigenvalue weighted by atomic mass is 10.1. The normalized spacial score (nSPS) is 27.6. The van der Waals surface area contributed by atoms with Gasteiger partial charge in [-0.3, -0.25) is 4.79 Å². The highest BCUT2D eigenvalue weighted by Crippen LogP contribution is 2.18. The van der Waals surface area contributed by atoms with E-state index >= 15 is 0 Å². The number of rotatable bonds is 3. The number of carbonyl (C=O) groups excluding carboxylic acids is 1. The smallest absolute Gasteiger partial charge is 0.246 e. The SMILES string of the molecule is COC/C=C/C(=O)N1CC(C)N(I)CC1C. The third-order valence-corrected chi connectivity index (χ3v) is 4.06. The van der Waals surface area contributed by atoms with Crippen LogP contribution >= 0.6 is 22.9 Å². The highest BCUT2D eigenvalue weighted by molar-refractivity contribution is 14.1. The molecule has 1 aliphatic heterocycles. The molecule has 0 saturated carbocycles. The molecule has 2 unspecified atom stereocenters. The van der Waals surface area contributed by atoms with Crippen LogP contribution in [0.4, 0.5) is 0 Å². The Kier molecular flexibility index (Phi) is 5.71. The molecule has 92 valence electrons. The lowest BCUT2D eigenvalue weighted by Crippen LogP contribution is -2.54. The molecule has 4 nitrogen and oxygen atoms in total. The van der Waals surface area contributed by atoms with Crippen molar-refractivity contribution in [2.75, 3.05) is 26.8 Å². The first kappa shape index (κ1) is 13.9. The quantitative estimate of drug-likeness (QED) is 0.444. The van der Waals surface area contributed by atoms with Gasteiger partial charge in [-0.15, -0.1) is 0 Å². The van der Waals surface area contributed by atoms with Crippen LogP contribution < -0.4 is 0 Å². The molecule has 1 fully saturated rings. The molecule has 0 aromatic heterocycles. The number of carbonyl (C=O) groups is 1. The van der Waals surface area contributed by atoms with E-state index in [9.17, 15) is 4.79 Å². The molecule has 1 heterocycles. The van der Waals surface area contributed by atoms with Gasteiger partial charge in [0.15, 0.2) is 0 Å². The van der Waals surface area contributed by atoms with Gasteiger partial charge in [0.05, 0.1) is 6.61 Å². The largest absolute Gasteiger partial charge is 0.381 e. The number of amides is 1. The summed E-state index contributed by atoms with van der Waals surface area (Å²) in [6.07, 6.45) is 3.37. The Balaban J connectivity index is 2.55. The van der Waals surface area contributed by atoms with E-state index < -0.39 is 0 Å². The van der Waals surface area contributed by atoms with Gasteiger partial charge in [0, 0.05) is 61.2 Å². The van der Waals surface area contributed by atoms with Crippen LogP contribution in [-0.2, 0) is 9.53 Å². The third-order valence-electron chi connectivity index (χ3n) is 2.72. The first-order valence-corrected chi connectivity index (χ1v) is 6.41. The minimum absolute atomic E-state index is 0.0842. The van der Waals surface area contributed by atoms with Gasteiger partial charge >= 0.3 is 0 Å². The fourth-order valence-corrected chi connectivity index (χ4v) is 2.48. The van der Waals surface area contributed by atoms with Crippen molar-refractivity contribution in [1.82, 2.24) is 8.01 Å². The van der Waals surface area contributed by atoms with Crippen LogP contribution in [0.15, 0.2) is 12.2 Å². The molecule has 0 spiro atoms. The molecular weight excluding hydrogens is 319 g/mol. The molecule has 0 aliphatic carbocycles. The number of ether oxygens (including phenoxy) is 1. The molecular formula is C11H19IN2O2. The molecule has 0 aromatic rings. The average Bonchev–Trinajstić information content (AvgIpc) is 2.23. The van der Waals surface area contributed by atoms with Gasteiger partial charge in [-0.2, -0.15) is 0 Å². The molecule has 5 heteroatoms. The van der Waals surface area contributed by atoms with Crippen LogP contribution in [0.5, 0.6) is 0 Å². The van der Waals surface area contributed by atoms with E-state index in [1.807, 2.05) is 4.90 Å². The number of hydrogen-bond donors (Lipinski definition) is 0. The van der Waals surface area contributed by atoms with E-state index in [2.05, 4.69) is 39.8 Å². The predicted molar refractivity (Wildman–Crippen MR) is 72.4 cm³/mol. The summed E-state index contributed by atoms with van der Waals surface area (Å²) < 4.78 is 7.13. The Labute approximate surface area is 111 Å².